The number of nitrogens with zero attached hydrogens (tertiary/aromatic N) is 1. The first-order valence-corrected chi connectivity index (χ1v) is 11.8. The molecule has 1 aromatic heterocycles. The van der Waals surface area contributed by atoms with Crippen LogP contribution in [0.25, 0.3) is 11.3 Å². The number of hydrogen-bond acceptors (Lipinski definition) is 6. The van der Waals surface area contributed by atoms with Gasteiger partial charge in [-0.1, -0.05) is 51.6 Å². The Morgan fingerprint density at radius 2 is 1.82 bits per heavy atom. The van der Waals surface area contributed by atoms with Crippen LogP contribution in [0.2, 0.25) is 0 Å². The van der Waals surface area contributed by atoms with Crippen LogP contribution in [0.4, 0.5) is 5.69 Å². The fraction of sp³-hybridized carbons (Fsp3) is 0.560. The second-order valence-corrected chi connectivity index (χ2v) is 9.33. The largest absolute Gasteiger partial charge is 0.508 e. The zero-order valence-electron chi connectivity index (χ0n) is 19.6. The fourth-order valence-electron chi connectivity index (χ4n) is 4.60. The Kier molecular flexibility index (Phi) is 8.00. The molecule has 1 aliphatic carbocycles. The Labute approximate surface area is 194 Å². The van der Waals surface area contributed by atoms with E-state index in [9.17, 15) is 24.9 Å². The minimum absolute atomic E-state index is 0.0478. The number of hydrogen-bond donors (Lipinski definition) is 4. The third-order valence-corrected chi connectivity index (χ3v) is 6.59. The summed E-state index contributed by atoms with van der Waals surface area (Å²) in [4.78, 5) is 24.8. The number of aromatic carboxylic acids is 1. The van der Waals surface area contributed by atoms with E-state index >= 15 is 0 Å². The summed E-state index contributed by atoms with van der Waals surface area (Å²) in [7, 11) is 0. The van der Waals surface area contributed by atoms with Crippen LogP contribution < -0.4 is 5.32 Å². The van der Waals surface area contributed by atoms with Crippen LogP contribution in [0.1, 0.15) is 94.1 Å². The molecular weight excluding hydrogens is 424 g/mol. The van der Waals surface area contributed by atoms with Gasteiger partial charge in [0, 0.05) is 12.0 Å². The van der Waals surface area contributed by atoms with E-state index in [4.69, 9.17) is 4.52 Å². The number of nitrogens with one attached hydrogen (secondary N) is 1. The molecule has 0 atom stereocenters. The zero-order chi connectivity index (χ0) is 24.1. The van der Waals surface area contributed by atoms with Crippen LogP contribution in [0.15, 0.2) is 16.7 Å². The maximum absolute atomic E-state index is 13.0. The van der Waals surface area contributed by atoms with Gasteiger partial charge >= 0.3 is 5.97 Å². The van der Waals surface area contributed by atoms with Gasteiger partial charge < -0.3 is 25.2 Å². The molecule has 0 aliphatic heterocycles. The molecule has 1 amide bonds. The van der Waals surface area contributed by atoms with E-state index in [1.165, 1.54) is 37.8 Å². The molecule has 4 N–H and O–H groups in total. The van der Waals surface area contributed by atoms with Gasteiger partial charge in [0.05, 0.1) is 5.56 Å². The van der Waals surface area contributed by atoms with Crippen molar-refractivity contribution >= 4 is 17.6 Å². The molecule has 3 rings (SSSR count). The lowest BCUT2D eigenvalue weighted by molar-refractivity contribution is -0.121. The topological polar surface area (TPSA) is 133 Å². The molecule has 1 aromatic carbocycles. The van der Waals surface area contributed by atoms with Crippen LogP contribution >= 0.6 is 0 Å². The van der Waals surface area contributed by atoms with Gasteiger partial charge in [0.1, 0.15) is 17.2 Å². The van der Waals surface area contributed by atoms with Crippen LogP contribution in [-0.4, -0.2) is 32.4 Å². The number of carbonyl (C=O) groups excluding carboxylic acids is 1. The van der Waals surface area contributed by atoms with Crippen molar-refractivity contribution in [3.8, 4) is 22.8 Å². The van der Waals surface area contributed by atoms with Crippen molar-refractivity contribution in [3.63, 3.8) is 0 Å². The number of aromatic nitrogens is 1. The number of carbonyl (C=O) groups is 2. The molecule has 1 saturated carbocycles. The SMILES string of the molecule is CCCCCC1CCC(C(=O)Nc2c(C(=O)O)noc2-c2cc(C(C)C)c(O)cc2O)CC1. The number of phenolic OH excluding ortho intramolecular Hbond substituents is 2. The smallest absolute Gasteiger partial charge is 0.360 e. The number of rotatable bonds is 9. The highest BCUT2D eigenvalue weighted by Crippen LogP contribution is 2.42. The monoisotopic (exact) mass is 458 g/mol. The van der Waals surface area contributed by atoms with Crippen molar-refractivity contribution in [1.82, 2.24) is 5.16 Å². The van der Waals surface area contributed by atoms with E-state index in [0.29, 0.717) is 11.5 Å². The Balaban J connectivity index is 1.82. The molecule has 0 bridgehead atoms. The molecule has 1 heterocycles. The van der Waals surface area contributed by atoms with Crippen molar-refractivity contribution < 1.29 is 29.4 Å². The Hall–Kier alpha value is -3.03. The highest BCUT2D eigenvalue weighted by atomic mass is 16.5. The molecule has 2 aromatic rings. The summed E-state index contributed by atoms with van der Waals surface area (Å²) in [5.74, 6) is -1.66. The summed E-state index contributed by atoms with van der Waals surface area (Å²) in [6, 6.07) is 2.71. The average Bonchev–Trinajstić information content (AvgIpc) is 3.17. The van der Waals surface area contributed by atoms with Crippen LogP contribution in [0.5, 0.6) is 11.5 Å². The highest BCUT2D eigenvalue weighted by molar-refractivity contribution is 6.04. The summed E-state index contributed by atoms with van der Waals surface area (Å²) in [5.41, 5.74) is 0.208. The fourth-order valence-corrected chi connectivity index (χ4v) is 4.60. The summed E-state index contributed by atoms with van der Waals surface area (Å²) in [5, 5.41) is 36.4. The predicted octanol–water partition coefficient (Wildman–Crippen LogP) is 5.90. The van der Waals surface area contributed by atoms with Gasteiger partial charge in [0.2, 0.25) is 11.6 Å². The lowest BCUT2D eigenvalue weighted by atomic mass is 9.79. The standard InChI is InChI=1S/C25H34N2O6/c1-4-5-6-7-15-8-10-16(11-9-15)24(30)26-21-22(25(31)32)27-33-23(21)18-12-17(14(2)3)19(28)13-20(18)29/h12-16,28-29H,4-11H2,1-3H3,(H,26,30)(H,31,32). The molecule has 1 fully saturated rings. The van der Waals surface area contributed by atoms with Gasteiger partial charge in [-0.05, 0) is 49.1 Å². The van der Waals surface area contributed by atoms with E-state index in [1.54, 1.807) is 0 Å². The third-order valence-electron chi connectivity index (χ3n) is 6.59. The number of amides is 1. The van der Waals surface area contributed by atoms with E-state index in [0.717, 1.165) is 25.7 Å². The van der Waals surface area contributed by atoms with Crippen molar-refractivity contribution in [2.75, 3.05) is 5.32 Å². The average molecular weight is 459 g/mol. The molecule has 8 heteroatoms. The molecular formula is C25H34N2O6. The molecule has 1 aliphatic rings. The van der Waals surface area contributed by atoms with Gasteiger partial charge in [0.25, 0.3) is 0 Å². The van der Waals surface area contributed by atoms with Crippen LogP contribution in [0, 0.1) is 11.8 Å². The van der Waals surface area contributed by atoms with E-state index < -0.39 is 11.7 Å². The quantitative estimate of drug-likeness (QED) is 0.344. The van der Waals surface area contributed by atoms with Crippen molar-refractivity contribution in [2.45, 2.75) is 78.1 Å². The lowest BCUT2D eigenvalue weighted by Gasteiger charge is -2.27. The number of aromatic hydroxyl groups is 2. The molecule has 180 valence electrons. The van der Waals surface area contributed by atoms with Gasteiger partial charge in [-0.25, -0.2) is 4.79 Å². The predicted molar refractivity (Wildman–Crippen MR) is 125 cm³/mol. The Morgan fingerprint density at radius 1 is 1.12 bits per heavy atom. The maximum Gasteiger partial charge on any atom is 0.360 e. The number of phenols is 2. The minimum Gasteiger partial charge on any atom is -0.508 e. The molecule has 0 unspecified atom stereocenters. The van der Waals surface area contributed by atoms with Gasteiger partial charge in [-0.3, -0.25) is 4.79 Å². The number of unbranched alkanes of at least 4 members (excludes halogenated alkanes) is 2. The van der Waals surface area contributed by atoms with Crippen LogP contribution in [-0.2, 0) is 4.79 Å². The summed E-state index contributed by atoms with van der Waals surface area (Å²) < 4.78 is 5.27. The third kappa shape index (κ3) is 5.67. The van der Waals surface area contributed by atoms with Gasteiger partial charge in [-0.15, -0.1) is 0 Å². The summed E-state index contributed by atoms with van der Waals surface area (Å²) >= 11 is 0. The normalized spacial score (nSPS) is 18.4. The lowest BCUT2D eigenvalue weighted by Crippen LogP contribution is -2.28. The van der Waals surface area contributed by atoms with Crippen molar-refractivity contribution in [3.05, 3.63) is 23.4 Å². The molecule has 0 spiro atoms. The maximum atomic E-state index is 13.0. The highest BCUT2D eigenvalue weighted by Gasteiger charge is 2.31. The van der Waals surface area contributed by atoms with Crippen LogP contribution in [0.3, 0.4) is 0 Å². The Morgan fingerprint density at radius 3 is 2.42 bits per heavy atom. The molecule has 0 radical (unpaired) electrons. The second kappa shape index (κ2) is 10.7. The molecule has 8 nitrogen and oxygen atoms in total. The van der Waals surface area contributed by atoms with E-state index in [1.807, 2.05) is 13.8 Å². The number of carboxylic acid groups (broad SMARTS) is 1. The summed E-state index contributed by atoms with van der Waals surface area (Å²) in [6.07, 6.45) is 8.33. The first kappa shape index (κ1) is 24.6. The van der Waals surface area contributed by atoms with Gasteiger partial charge in [0.15, 0.2) is 5.76 Å². The van der Waals surface area contributed by atoms with Gasteiger partial charge in [-0.2, -0.15) is 0 Å². The van der Waals surface area contributed by atoms with E-state index in [2.05, 4.69) is 17.4 Å². The first-order valence-electron chi connectivity index (χ1n) is 11.8. The molecule has 0 saturated heterocycles. The minimum atomic E-state index is -1.35. The first-order chi connectivity index (χ1) is 15.7. The molecule has 33 heavy (non-hydrogen) atoms. The van der Waals surface area contributed by atoms with Crippen molar-refractivity contribution in [1.29, 1.82) is 0 Å². The van der Waals surface area contributed by atoms with E-state index in [-0.39, 0.29) is 46.3 Å². The second-order valence-electron chi connectivity index (χ2n) is 9.33. The number of carboxylic acids is 1. The number of benzene rings is 1. The Bertz CT molecular complexity index is 989. The van der Waals surface area contributed by atoms with Crippen molar-refractivity contribution in [2.24, 2.45) is 11.8 Å². The summed E-state index contributed by atoms with van der Waals surface area (Å²) in [6.45, 7) is 5.94. The zero-order valence-corrected chi connectivity index (χ0v) is 19.6. The number of anilines is 1.